The molecule has 12 heteroatoms. The molecule has 3 amide bonds. The van der Waals surface area contributed by atoms with Gasteiger partial charge >= 0.3 is 5.97 Å². The Labute approximate surface area is 205 Å². The van der Waals surface area contributed by atoms with Gasteiger partial charge in [0.2, 0.25) is 27.7 Å². The number of piperazine rings is 1. The number of carboxylic acid groups (broad SMARTS) is 1. The first-order valence-corrected chi connectivity index (χ1v) is 13.3. The minimum absolute atomic E-state index is 0.0609. The number of benzene rings is 1. The van der Waals surface area contributed by atoms with Gasteiger partial charge in [-0.15, -0.1) is 0 Å². The van der Waals surface area contributed by atoms with Crippen LogP contribution >= 0.6 is 0 Å². The molecule has 35 heavy (non-hydrogen) atoms. The number of carboxylic acids is 1. The van der Waals surface area contributed by atoms with Crippen molar-refractivity contribution in [3.8, 4) is 0 Å². The third kappa shape index (κ3) is 7.25. The molecule has 2 fully saturated rings. The molecule has 2 saturated heterocycles. The van der Waals surface area contributed by atoms with Crippen LogP contribution in [0.25, 0.3) is 0 Å². The Morgan fingerprint density at radius 1 is 1.03 bits per heavy atom. The van der Waals surface area contributed by atoms with E-state index in [1.54, 1.807) is 40.1 Å². The minimum Gasteiger partial charge on any atom is -0.480 e. The van der Waals surface area contributed by atoms with E-state index in [4.69, 9.17) is 0 Å². The highest BCUT2D eigenvalue weighted by Gasteiger charge is 2.38. The van der Waals surface area contributed by atoms with E-state index < -0.39 is 34.0 Å². The highest BCUT2D eigenvalue weighted by atomic mass is 32.2. The molecule has 0 spiro atoms. The quantitative estimate of drug-likeness (QED) is 0.478. The van der Waals surface area contributed by atoms with Gasteiger partial charge in [0.1, 0.15) is 12.1 Å². The van der Waals surface area contributed by atoms with Crippen molar-refractivity contribution in [3.63, 3.8) is 0 Å². The van der Waals surface area contributed by atoms with Gasteiger partial charge in [0, 0.05) is 46.1 Å². The van der Waals surface area contributed by atoms with Crippen molar-refractivity contribution in [1.29, 1.82) is 0 Å². The van der Waals surface area contributed by atoms with Crippen molar-refractivity contribution in [2.24, 2.45) is 0 Å². The minimum atomic E-state index is -3.95. The van der Waals surface area contributed by atoms with Gasteiger partial charge in [0.15, 0.2) is 0 Å². The smallest absolute Gasteiger partial charge is 0.326 e. The largest absolute Gasteiger partial charge is 0.480 e. The third-order valence-electron chi connectivity index (χ3n) is 6.36. The molecular weight excluding hydrogens is 476 g/mol. The molecule has 1 aromatic rings. The molecule has 1 aromatic carbocycles. The van der Waals surface area contributed by atoms with E-state index in [2.05, 4.69) is 4.72 Å². The van der Waals surface area contributed by atoms with Crippen LogP contribution in [0.4, 0.5) is 0 Å². The molecule has 11 nitrogen and oxygen atoms in total. The fourth-order valence-electron chi connectivity index (χ4n) is 4.47. The standard InChI is InChI=1S/C23H32N4O7S/c1-17(28)25-12-14-26(15-13-25)21(29)10-9-19(22(30)27-11-5-8-20(27)23(31)32)24-35(33,34)16-18-6-3-2-4-7-18/h2-4,6-7,19-20,24H,5,8-16H2,1H3,(H,31,32)/t19-,20+/m1/s1. The van der Waals surface area contributed by atoms with Crippen LogP contribution in [0.5, 0.6) is 0 Å². The monoisotopic (exact) mass is 508 g/mol. The summed E-state index contributed by atoms with van der Waals surface area (Å²) in [6.45, 7) is 3.25. The van der Waals surface area contributed by atoms with Crippen molar-refractivity contribution in [2.75, 3.05) is 32.7 Å². The number of sulfonamides is 1. The third-order valence-corrected chi connectivity index (χ3v) is 7.72. The predicted molar refractivity (Wildman–Crippen MR) is 126 cm³/mol. The maximum Gasteiger partial charge on any atom is 0.326 e. The Bertz CT molecular complexity index is 1040. The number of aliphatic carboxylic acids is 1. The number of nitrogens with one attached hydrogen (secondary N) is 1. The van der Waals surface area contributed by atoms with Gasteiger partial charge in [0.25, 0.3) is 0 Å². The molecule has 0 unspecified atom stereocenters. The number of amides is 3. The molecule has 0 bridgehead atoms. The zero-order valence-corrected chi connectivity index (χ0v) is 20.6. The molecular formula is C23H32N4O7S. The van der Waals surface area contributed by atoms with E-state index in [0.717, 1.165) is 0 Å². The molecule has 3 rings (SSSR count). The summed E-state index contributed by atoms with van der Waals surface area (Å²) in [5.74, 6) is -2.43. The van der Waals surface area contributed by atoms with Gasteiger partial charge in [-0.05, 0) is 24.8 Å². The molecule has 192 valence electrons. The van der Waals surface area contributed by atoms with Crippen LogP contribution in [0.2, 0.25) is 0 Å². The van der Waals surface area contributed by atoms with E-state index >= 15 is 0 Å². The van der Waals surface area contributed by atoms with Crippen LogP contribution in [0.1, 0.15) is 38.2 Å². The lowest BCUT2D eigenvalue weighted by Gasteiger charge is -2.34. The second kappa shape index (κ2) is 11.6. The van der Waals surface area contributed by atoms with E-state index in [0.29, 0.717) is 44.6 Å². The Morgan fingerprint density at radius 2 is 1.66 bits per heavy atom. The lowest BCUT2D eigenvalue weighted by molar-refractivity contribution is -0.149. The SMILES string of the molecule is CC(=O)N1CCN(C(=O)CC[C@@H](NS(=O)(=O)Cc2ccccc2)C(=O)N2CCC[C@H]2C(=O)O)CC1. The van der Waals surface area contributed by atoms with Crippen molar-refractivity contribution < 1.29 is 32.7 Å². The average molecular weight is 509 g/mol. The number of likely N-dealkylation sites (tertiary alicyclic amines) is 1. The predicted octanol–water partition coefficient (Wildman–Crippen LogP) is 0.0211. The van der Waals surface area contributed by atoms with E-state index in [-0.39, 0.29) is 37.0 Å². The van der Waals surface area contributed by atoms with Crippen LogP contribution in [0.15, 0.2) is 30.3 Å². The summed E-state index contributed by atoms with van der Waals surface area (Å²) in [6.07, 6.45) is 0.618. The summed E-state index contributed by atoms with van der Waals surface area (Å²) in [4.78, 5) is 53.6. The zero-order valence-electron chi connectivity index (χ0n) is 19.8. The first-order valence-electron chi connectivity index (χ1n) is 11.7. The molecule has 2 heterocycles. The Kier molecular flexibility index (Phi) is 8.84. The number of rotatable bonds is 9. The average Bonchev–Trinajstić information content (AvgIpc) is 3.32. The van der Waals surface area contributed by atoms with Crippen molar-refractivity contribution in [2.45, 2.75) is 50.4 Å². The molecule has 2 N–H and O–H groups in total. The molecule has 0 aliphatic carbocycles. The van der Waals surface area contributed by atoms with Gasteiger partial charge in [-0.2, -0.15) is 0 Å². The number of hydrogen-bond donors (Lipinski definition) is 2. The number of carbonyl (C=O) groups excluding carboxylic acids is 3. The molecule has 2 aliphatic rings. The van der Waals surface area contributed by atoms with Crippen molar-refractivity contribution in [1.82, 2.24) is 19.4 Å². The first kappa shape index (κ1) is 26.6. The van der Waals surface area contributed by atoms with Gasteiger partial charge < -0.3 is 19.8 Å². The van der Waals surface area contributed by atoms with E-state index in [1.165, 1.54) is 11.8 Å². The molecule has 0 aromatic heterocycles. The normalized spacial score (nSPS) is 19.5. The Balaban J connectivity index is 1.70. The molecule has 0 saturated carbocycles. The van der Waals surface area contributed by atoms with Gasteiger partial charge in [-0.3, -0.25) is 14.4 Å². The Morgan fingerprint density at radius 3 is 2.26 bits per heavy atom. The van der Waals surface area contributed by atoms with Crippen molar-refractivity contribution >= 4 is 33.7 Å². The van der Waals surface area contributed by atoms with E-state index in [9.17, 15) is 32.7 Å². The Hall–Kier alpha value is -2.99. The summed E-state index contributed by atoms with van der Waals surface area (Å²) in [5.41, 5.74) is 0.537. The van der Waals surface area contributed by atoms with Gasteiger partial charge in [0.05, 0.1) is 5.75 Å². The number of nitrogens with zero attached hydrogens (tertiary/aromatic N) is 3. The fourth-order valence-corrected chi connectivity index (χ4v) is 5.84. The molecule has 2 aliphatic heterocycles. The van der Waals surface area contributed by atoms with Crippen molar-refractivity contribution in [3.05, 3.63) is 35.9 Å². The lowest BCUT2D eigenvalue weighted by Crippen LogP contribution is -2.53. The van der Waals surface area contributed by atoms with E-state index in [1.807, 2.05) is 0 Å². The summed E-state index contributed by atoms with van der Waals surface area (Å²) in [7, 11) is -3.95. The van der Waals surface area contributed by atoms with Gasteiger partial charge in [-0.25, -0.2) is 17.9 Å². The summed E-state index contributed by atoms with van der Waals surface area (Å²) in [6, 6.07) is 6.21. The highest BCUT2D eigenvalue weighted by Crippen LogP contribution is 2.20. The number of hydrogen-bond acceptors (Lipinski definition) is 6. The fraction of sp³-hybridized carbons (Fsp3) is 0.565. The maximum atomic E-state index is 13.3. The topological polar surface area (TPSA) is 144 Å². The summed E-state index contributed by atoms with van der Waals surface area (Å²) < 4.78 is 28.1. The molecule has 0 radical (unpaired) electrons. The van der Waals surface area contributed by atoms with Gasteiger partial charge in [-0.1, -0.05) is 30.3 Å². The van der Waals surface area contributed by atoms with Crippen LogP contribution in [-0.4, -0.2) is 96.7 Å². The summed E-state index contributed by atoms with van der Waals surface area (Å²) in [5, 5.41) is 9.47. The number of carbonyl (C=O) groups is 4. The second-order valence-corrected chi connectivity index (χ2v) is 10.6. The lowest BCUT2D eigenvalue weighted by atomic mass is 10.1. The highest BCUT2D eigenvalue weighted by molar-refractivity contribution is 7.88. The maximum absolute atomic E-state index is 13.3. The summed E-state index contributed by atoms with van der Waals surface area (Å²) >= 11 is 0. The second-order valence-electron chi connectivity index (χ2n) is 8.87. The molecule has 2 atom stereocenters. The van der Waals surface area contributed by atoms with Crippen LogP contribution in [0.3, 0.4) is 0 Å². The first-order chi connectivity index (χ1) is 16.6. The zero-order chi connectivity index (χ0) is 25.6. The van der Waals surface area contributed by atoms with Crippen LogP contribution in [0, 0.1) is 0 Å². The van der Waals surface area contributed by atoms with Crippen LogP contribution in [-0.2, 0) is 35.0 Å². The van der Waals surface area contributed by atoms with Crippen LogP contribution < -0.4 is 4.72 Å².